The Kier molecular flexibility index (Phi) is 5.42. The van der Waals surface area contributed by atoms with Crippen LogP contribution in [0.3, 0.4) is 0 Å². The predicted molar refractivity (Wildman–Crippen MR) is 87.7 cm³/mol. The van der Waals surface area contributed by atoms with Crippen LogP contribution in [0.15, 0.2) is 12.1 Å². The van der Waals surface area contributed by atoms with Crippen molar-refractivity contribution in [1.29, 1.82) is 0 Å². The Morgan fingerprint density at radius 3 is 2.48 bits per heavy atom. The van der Waals surface area contributed by atoms with Crippen LogP contribution in [-0.2, 0) is 0 Å². The quantitative estimate of drug-likeness (QED) is 0.874. The molecule has 1 aromatic rings. The molecule has 0 aromatic heterocycles. The van der Waals surface area contributed by atoms with Gasteiger partial charge in [0.15, 0.2) is 0 Å². The molecule has 4 atom stereocenters. The van der Waals surface area contributed by atoms with Gasteiger partial charge < -0.3 is 15.2 Å². The Morgan fingerprint density at radius 2 is 1.76 bits per heavy atom. The van der Waals surface area contributed by atoms with E-state index in [1.54, 1.807) is 0 Å². The van der Waals surface area contributed by atoms with Gasteiger partial charge in [-0.1, -0.05) is 11.6 Å². The molecule has 1 saturated heterocycles. The van der Waals surface area contributed by atoms with Crippen molar-refractivity contribution in [2.24, 2.45) is 11.8 Å². The molecule has 0 unspecified atom stereocenters. The fourth-order valence-electron chi connectivity index (χ4n) is 3.39. The molecule has 1 aromatic carbocycles. The lowest BCUT2D eigenvalue weighted by atomic mass is 9.78. The molecule has 3 nitrogen and oxygen atoms in total. The second-order valence-corrected chi connectivity index (χ2v) is 6.65. The topological polar surface area (TPSA) is 41.5 Å². The normalized spacial score (nSPS) is 31.4. The van der Waals surface area contributed by atoms with Gasteiger partial charge in [0.25, 0.3) is 0 Å². The molecule has 5 heteroatoms. The summed E-state index contributed by atoms with van der Waals surface area (Å²) in [4.78, 5) is 0. The number of aryl methyl sites for hydroxylation is 2. The van der Waals surface area contributed by atoms with E-state index in [-0.39, 0.29) is 18.5 Å². The van der Waals surface area contributed by atoms with E-state index in [1.807, 2.05) is 26.0 Å². The Balaban J connectivity index is 0.00000161. The summed E-state index contributed by atoms with van der Waals surface area (Å²) < 4.78 is 6.03. The number of rotatable bonds is 2. The lowest BCUT2D eigenvalue weighted by Gasteiger charge is -2.35. The maximum atomic E-state index is 10.3. The lowest BCUT2D eigenvalue weighted by Crippen LogP contribution is -2.42. The first kappa shape index (κ1) is 16.9. The summed E-state index contributed by atoms with van der Waals surface area (Å²) in [6.07, 6.45) is 1.19. The minimum absolute atomic E-state index is 0. The molecule has 21 heavy (non-hydrogen) atoms. The van der Waals surface area contributed by atoms with Crippen LogP contribution in [0.25, 0.3) is 0 Å². The third-order valence-electron chi connectivity index (χ3n) is 4.81. The number of fused-ring (bicyclic) bond motifs is 1. The van der Waals surface area contributed by atoms with Gasteiger partial charge in [-0.15, -0.1) is 12.4 Å². The zero-order valence-corrected chi connectivity index (χ0v) is 14.0. The molecule has 0 radical (unpaired) electrons. The molecule has 1 heterocycles. The van der Waals surface area contributed by atoms with Gasteiger partial charge in [0, 0.05) is 0 Å². The summed E-state index contributed by atoms with van der Waals surface area (Å²) >= 11 is 6.26. The van der Waals surface area contributed by atoms with Crippen molar-refractivity contribution in [1.82, 2.24) is 5.32 Å². The summed E-state index contributed by atoms with van der Waals surface area (Å²) in [6, 6.07) is 3.91. The Morgan fingerprint density at radius 1 is 1.14 bits per heavy atom. The second-order valence-electron chi connectivity index (χ2n) is 6.24. The van der Waals surface area contributed by atoms with Crippen LogP contribution in [0.4, 0.5) is 0 Å². The third-order valence-corrected chi connectivity index (χ3v) is 5.11. The fourth-order valence-corrected chi connectivity index (χ4v) is 3.65. The van der Waals surface area contributed by atoms with E-state index in [0.29, 0.717) is 22.6 Å². The van der Waals surface area contributed by atoms with Crippen molar-refractivity contribution in [2.75, 3.05) is 13.1 Å². The predicted octanol–water partition coefficient (Wildman–Crippen LogP) is 3.12. The monoisotopic (exact) mass is 331 g/mol. The molecule has 0 spiro atoms. The van der Waals surface area contributed by atoms with Gasteiger partial charge in [-0.2, -0.15) is 0 Å². The third kappa shape index (κ3) is 3.48. The van der Waals surface area contributed by atoms with Crippen molar-refractivity contribution in [3.63, 3.8) is 0 Å². The number of ether oxygens (including phenoxy) is 1. The van der Waals surface area contributed by atoms with Gasteiger partial charge in [-0.25, -0.2) is 0 Å². The van der Waals surface area contributed by atoms with Crippen molar-refractivity contribution < 1.29 is 9.84 Å². The summed E-state index contributed by atoms with van der Waals surface area (Å²) in [7, 11) is 0. The first-order chi connectivity index (χ1) is 9.54. The van der Waals surface area contributed by atoms with Gasteiger partial charge in [0.2, 0.25) is 0 Å². The highest BCUT2D eigenvalue weighted by molar-refractivity contribution is 6.32. The molecular weight excluding hydrogens is 309 g/mol. The SMILES string of the molecule is Cc1cc(Cl)c(O[C@@H]2C[C@@H]3CNC[C@@H]3C[C@H]2O)cc1C.Cl. The van der Waals surface area contributed by atoms with Crippen molar-refractivity contribution >= 4 is 24.0 Å². The molecule has 0 amide bonds. The maximum Gasteiger partial charge on any atom is 0.138 e. The van der Waals surface area contributed by atoms with E-state index >= 15 is 0 Å². The van der Waals surface area contributed by atoms with Gasteiger partial charge in [-0.3, -0.25) is 0 Å². The molecular formula is C16H23Cl2NO2. The van der Waals surface area contributed by atoms with E-state index in [9.17, 15) is 5.11 Å². The van der Waals surface area contributed by atoms with Crippen molar-refractivity contribution in [2.45, 2.75) is 38.9 Å². The summed E-state index contributed by atoms with van der Waals surface area (Å²) in [5, 5.41) is 14.3. The molecule has 3 rings (SSSR count). The number of benzene rings is 1. The van der Waals surface area contributed by atoms with E-state index < -0.39 is 6.10 Å². The highest BCUT2D eigenvalue weighted by Gasteiger charge is 2.40. The molecule has 1 saturated carbocycles. The number of halogens is 2. The number of aliphatic hydroxyl groups is 1. The minimum atomic E-state index is -0.395. The number of nitrogens with one attached hydrogen (secondary N) is 1. The van der Waals surface area contributed by atoms with Crippen LogP contribution in [0.5, 0.6) is 5.75 Å². The Labute approximate surface area is 137 Å². The summed E-state index contributed by atoms with van der Waals surface area (Å²) in [5.41, 5.74) is 2.32. The van der Waals surface area contributed by atoms with E-state index in [1.165, 1.54) is 0 Å². The van der Waals surface area contributed by atoms with Gasteiger partial charge in [-0.05, 0) is 74.9 Å². The maximum absolute atomic E-state index is 10.3. The largest absolute Gasteiger partial charge is 0.486 e. The molecule has 2 aliphatic rings. The summed E-state index contributed by atoms with van der Waals surface area (Å²) in [6.45, 7) is 6.15. The minimum Gasteiger partial charge on any atom is -0.486 e. The molecule has 2 N–H and O–H groups in total. The van der Waals surface area contributed by atoms with Gasteiger partial charge in [0.05, 0.1) is 11.1 Å². The Bertz CT molecular complexity index is 509. The van der Waals surface area contributed by atoms with Crippen LogP contribution < -0.4 is 10.1 Å². The number of aliphatic hydroxyl groups excluding tert-OH is 1. The van der Waals surface area contributed by atoms with Crippen LogP contribution in [-0.4, -0.2) is 30.4 Å². The Hall–Kier alpha value is -0.480. The zero-order chi connectivity index (χ0) is 14.3. The lowest BCUT2D eigenvalue weighted by molar-refractivity contribution is -0.0231. The number of hydrogen-bond acceptors (Lipinski definition) is 3. The fraction of sp³-hybridized carbons (Fsp3) is 0.625. The van der Waals surface area contributed by atoms with E-state index in [0.717, 1.165) is 37.1 Å². The van der Waals surface area contributed by atoms with Crippen molar-refractivity contribution in [3.05, 3.63) is 28.3 Å². The molecule has 1 aliphatic heterocycles. The molecule has 1 aliphatic carbocycles. The van der Waals surface area contributed by atoms with Crippen molar-refractivity contribution in [3.8, 4) is 5.75 Å². The first-order valence-corrected chi connectivity index (χ1v) is 7.74. The van der Waals surface area contributed by atoms with Crippen LogP contribution in [0.1, 0.15) is 24.0 Å². The van der Waals surface area contributed by atoms with Crippen LogP contribution >= 0.6 is 24.0 Å². The molecule has 118 valence electrons. The van der Waals surface area contributed by atoms with E-state index in [2.05, 4.69) is 5.32 Å². The molecule has 0 bridgehead atoms. The second kappa shape index (κ2) is 6.74. The van der Waals surface area contributed by atoms with Crippen LogP contribution in [0, 0.1) is 25.7 Å². The highest BCUT2D eigenvalue weighted by atomic mass is 35.5. The highest BCUT2D eigenvalue weighted by Crippen LogP contribution is 2.36. The van der Waals surface area contributed by atoms with E-state index in [4.69, 9.17) is 16.3 Å². The van der Waals surface area contributed by atoms with Gasteiger partial charge in [0.1, 0.15) is 11.9 Å². The summed E-state index contributed by atoms with van der Waals surface area (Å²) in [5.74, 6) is 1.91. The smallest absolute Gasteiger partial charge is 0.138 e. The number of hydrogen-bond donors (Lipinski definition) is 2. The standard InChI is InChI=1S/C16H22ClNO2.ClH/c1-9-3-13(17)15(4-10(9)2)20-16-6-12-8-18-7-11(12)5-14(16)19;/h3-4,11-12,14,16,18-19H,5-8H2,1-2H3;1H/t11-,12+,14+,16+;/m0./s1. The first-order valence-electron chi connectivity index (χ1n) is 7.36. The molecule has 2 fully saturated rings. The average molecular weight is 332 g/mol. The van der Waals surface area contributed by atoms with Gasteiger partial charge >= 0.3 is 0 Å². The zero-order valence-electron chi connectivity index (χ0n) is 12.4. The average Bonchev–Trinajstić information content (AvgIpc) is 2.83. The van der Waals surface area contributed by atoms with Crippen LogP contribution in [0.2, 0.25) is 5.02 Å².